The molecule has 4 heteroatoms. The number of nitrogens with two attached hydrogens (primary N) is 1. The van der Waals surface area contributed by atoms with Crippen molar-refractivity contribution in [1.29, 1.82) is 0 Å². The summed E-state index contributed by atoms with van der Waals surface area (Å²) in [4.78, 5) is 11.2. The van der Waals surface area contributed by atoms with Crippen molar-refractivity contribution in [2.24, 2.45) is 0 Å². The lowest BCUT2D eigenvalue weighted by Gasteiger charge is -2.08. The van der Waals surface area contributed by atoms with Crippen molar-refractivity contribution in [1.82, 2.24) is 5.32 Å². The number of benzene rings is 1. The molecule has 0 spiro atoms. The summed E-state index contributed by atoms with van der Waals surface area (Å²) in [5.41, 5.74) is 7.78. The number of nitrogens with one attached hydrogen (secondary N) is 2. The zero-order valence-electron chi connectivity index (χ0n) is 8.42. The second-order valence-electron chi connectivity index (χ2n) is 2.91. The summed E-state index contributed by atoms with van der Waals surface area (Å²) in [6, 6.07) is 5.22. The van der Waals surface area contributed by atoms with Crippen molar-refractivity contribution in [3.05, 3.63) is 23.8 Å². The van der Waals surface area contributed by atoms with Gasteiger partial charge >= 0.3 is 0 Å². The lowest BCUT2D eigenvalue weighted by Crippen LogP contribution is -2.18. The van der Waals surface area contributed by atoms with Gasteiger partial charge in [-0.2, -0.15) is 0 Å². The van der Waals surface area contributed by atoms with Crippen LogP contribution in [0.4, 0.5) is 11.4 Å². The first-order valence-electron chi connectivity index (χ1n) is 4.54. The number of nitrogen functional groups attached to an aromatic ring is 1. The van der Waals surface area contributed by atoms with Gasteiger partial charge in [-0.25, -0.2) is 0 Å². The van der Waals surface area contributed by atoms with Gasteiger partial charge in [0, 0.05) is 19.2 Å². The maximum absolute atomic E-state index is 11.2. The molecular formula is C10H15N3O. The predicted molar refractivity (Wildman–Crippen MR) is 58.4 cm³/mol. The monoisotopic (exact) mass is 193 g/mol. The molecular weight excluding hydrogens is 178 g/mol. The Morgan fingerprint density at radius 2 is 2.21 bits per heavy atom. The normalized spacial score (nSPS) is 9.57. The van der Waals surface area contributed by atoms with E-state index in [1.165, 1.54) is 0 Å². The van der Waals surface area contributed by atoms with Crippen LogP contribution in [0.15, 0.2) is 18.2 Å². The molecule has 0 fully saturated rings. The van der Waals surface area contributed by atoms with Crippen LogP contribution < -0.4 is 16.4 Å². The molecule has 0 bridgehead atoms. The first-order chi connectivity index (χ1) is 6.69. The summed E-state index contributed by atoms with van der Waals surface area (Å²) in [5.74, 6) is -0.125. The molecule has 0 aliphatic rings. The van der Waals surface area contributed by atoms with E-state index in [4.69, 9.17) is 5.73 Å². The molecule has 0 aliphatic heterocycles. The van der Waals surface area contributed by atoms with Gasteiger partial charge < -0.3 is 16.4 Å². The molecule has 1 aromatic carbocycles. The summed E-state index contributed by atoms with van der Waals surface area (Å²) in [6.45, 7) is 2.80. The Morgan fingerprint density at radius 3 is 2.71 bits per heavy atom. The van der Waals surface area contributed by atoms with Gasteiger partial charge in [0.15, 0.2) is 0 Å². The molecule has 0 atom stereocenters. The summed E-state index contributed by atoms with van der Waals surface area (Å²) in [6.07, 6.45) is 0. The first-order valence-corrected chi connectivity index (χ1v) is 4.54. The maximum Gasteiger partial charge on any atom is 0.251 e. The number of amides is 1. The van der Waals surface area contributed by atoms with Crippen molar-refractivity contribution in [2.45, 2.75) is 6.92 Å². The van der Waals surface area contributed by atoms with E-state index in [9.17, 15) is 4.79 Å². The van der Waals surface area contributed by atoms with Gasteiger partial charge in [0.2, 0.25) is 0 Å². The smallest absolute Gasteiger partial charge is 0.251 e. The molecule has 1 amide bonds. The van der Waals surface area contributed by atoms with Gasteiger partial charge in [0.1, 0.15) is 0 Å². The molecule has 76 valence electrons. The highest BCUT2D eigenvalue weighted by Gasteiger charge is 2.05. The standard InChI is InChI=1S/C10H15N3O/c1-3-13-9-5-4-7(6-8(9)11)10(14)12-2/h4-6,13H,3,11H2,1-2H3,(H,12,14). The average Bonchev–Trinajstić information content (AvgIpc) is 2.20. The number of carbonyl (C=O) groups excluding carboxylic acids is 1. The molecule has 0 unspecified atom stereocenters. The lowest BCUT2D eigenvalue weighted by atomic mass is 10.1. The van der Waals surface area contributed by atoms with E-state index in [0.29, 0.717) is 11.3 Å². The van der Waals surface area contributed by atoms with Crippen LogP contribution in [0.1, 0.15) is 17.3 Å². The van der Waals surface area contributed by atoms with Crippen LogP contribution in [0.3, 0.4) is 0 Å². The Hall–Kier alpha value is -1.71. The summed E-state index contributed by atoms with van der Waals surface area (Å²) in [7, 11) is 1.59. The minimum atomic E-state index is -0.125. The van der Waals surface area contributed by atoms with E-state index >= 15 is 0 Å². The van der Waals surface area contributed by atoms with Crippen molar-refractivity contribution >= 4 is 17.3 Å². The Labute approximate surface area is 83.5 Å². The third-order valence-corrected chi connectivity index (χ3v) is 1.91. The molecule has 1 rings (SSSR count). The van der Waals surface area contributed by atoms with E-state index < -0.39 is 0 Å². The number of anilines is 2. The third-order valence-electron chi connectivity index (χ3n) is 1.91. The highest BCUT2D eigenvalue weighted by atomic mass is 16.1. The van der Waals surface area contributed by atoms with Crippen molar-refractivity contribution in [3.8, 4) is 0 Å². The number of rotatable bonds is 3. The number of hydrogen-bond donors (Lipinski definition) is 3. The third kappa shape index (κ3) is 2.16. The van der Waals surface area contributed by atoms with Crippen molar-refractivity contribution < 1.29 is 4.79 Å². The Bertz CT molecular complexity index is 336. The Morgan fingerprint density at radius 1 is 1.50 bits per heavy atom. The van der Waals surface area contributed by atoms with Crippen molar-refractivity contribution in [3.63, 3.8) is 0 Å². The zero-order valence-corrected chi connectivity index (χ0v) is 8.42. The molecule has 0 saturated heterocycles. The van der Waals surface area contributed by atoms with Gasteiger partial charge in [-0.05, 0) is 25.1 Å². The van der Waals surface area contributed by atoms with E-state index in [0.717, 1.165) is 12.2 Å². The summed E-state index contributed by atoms with van der Waals surface area (Å²) < 4.78 is 0. The summed E-state index contributed by atoms with van der Waals surface area (Å²) >= 11 is 0. The van der Waals surface area contributed by atoms with Crippen LogP contribution >= 0.6 is 0 Å². The highest BCUT2D eigenvalue weighted by molar-refractivity contribution is 5.95. The quantitative estimate of drug-likeness (QED) is 0.629. The minimum Gasteiger partial charge on any atom is -0.397 e. The second-order valence-corrected chi connectivity index (χ2v) is 2.91. The van der Waals surface area contributed by atoms with E-state index in [2.05, 4.69) is 10.6 Å². The van der Waals surface area contributed by atoms with Gasteiger partial charge in [0.25, 0.3) is 5.91 Å². The fourth-order valence-electron chi connectivity index (χ4n) is 1.20. The molecule has 0 aromatic heterocycles. The molecule has 4 nitrogen and oxygen atoms in total. The molecule has 4 N–H and O–H groups in total. The zero-order chi connectivity index (χ0) is 10.6. The average molecular weight is 193 g/mol. The topological polar surface area (TPSA) is 67.2 Å². The van der Waals surface area contributed by atoms with Crippen LogP contribution in [0, 0.1) is 0 Å². The predicted octanol–water partition coefficient (Wildman–Crippen LogP) is 1.06. The van der Waals surface area contributed by atoms with E-state index in [1.807, 2.05) is 13.0 Å². The van der Waals surface area contributed by atoms with Crippen molar-refractivity contribution in [2.75, 3.05) is 24.6 Å². The van der Waals surface area contributed by atoms with Crippen LogP contribution in [0.2, 0.25) is 0 Å². The van der Waals surface area contributed by atoms with Gasteiger partial charge in [-0.15, -0.1) is 0 Å². The highest BCUT2D eigenvalue weighted by Crippen LogP contribution is 2.19. The van der Waals surface area contributed by atoms with Crippen LogP contribution in [0.25, 0.3) is 0 Å². The minimum absolute atomic E-state index is 0.125. The largest absolute Gasteiger partial charge is 0.397 e. The Kier molecular flexibility index (Phi) is 3.34. The van der Waals surface area contributed by atoms with Crippen LogP contribution in [-0.2, 0) is 0 Å². The first kappa shape index (κ1) is 10.4. The van der Waals surface area contributed by atoms with Crippen LogP contribution in [-0.4, -0.2) is 19.5 Å². The van der Waals surface area contributed by atoms with Gasteiger partial charge in [-0.3, -0.25) is 4.79 Å². The molecule has 0 radical (unpaired) electrons. The molecule has 14 heavy (non-hydrogen) atoms. The second kappa shape index (κ2) is 4.50. The summed E-state index contributed by atoms with van der Waals surface area (Å²) in [5, 5.41) is 5.65. The molecule has 0 aliphatic carbocycles. The number of hydrogen-bond acceptors (Lipinski definition) is 3. The fraction of sp³-hybridized carbons (Fsp3) is 0.300. The molecule has 0 saturated carbocycles. The van der Waals surface area contributed by atoms with Gasteiger partial charge in [0.05, 0.1) is 11.4 Å². The number of carbonyl (C=O) groups is 1. The Balaban J connectivity index is 2.94. The lowest BCUT2D eigenvalue weighted by molar-refractivity contribution is 0.0963. The van der Waals surface area contributed by atoms with E-state index in [1.54, 1.807) is 19.2 Å². The molecule has 1 aromatic rings. The fourth-order valence-corrected chi connectivity index (χ4v) is 1.20. The maximum atomic E-state index is 11.2. The SMILES string of the molecule is CCNc1ccc(C(=O)NC)cc1N. The van der Waals surface area contributed by atoms with Gasteiger partial charge in [-0.1, -0.05) is 0 Å². The van der Waals surface area contributed by atoms with E-state index in [-0.39, 0.29) is 5.91 Å². The van der Waals surface area contributed by atoms with Crippen LogP contribution in [0.5, 0.6) is 0 Å². The molecule has 0 heterocycles.